The molecule has 1 fully saturated rings. The minimum absolute atomic E-state index is 0.0486. The Balaban J connectivity index is 2.05. The zero-order valence-electron chi connectivity index (χ0n) is 15.3. The van der Waals surface area contributed by atoms with Gasteiger partial charge in [-0.2, -0.15) is 0 Å². The van der Waals surface area contributed by atoms with E-state index in [1.54, 1.807) is 12.1 Å². The van der Waals surface area contributed by atoms with Crippen LogP contribution in [0.3, 0.4) is 0 Å². The minimum Gasteiger partial charge on any atom is -0.493 e. The van der Waals surface area contributed by atoms with Crippen LogP contribution in [0.15, 0.2) is 12.1 Å². The van der Waals surface area contributed by atoms with E-state index in [0.717, 1.165) is 12.8 Å². The Kier molecular flexibility index (Phi) is 6.50. The number of ether oxygens (including phenoxy) is 3. The number of likely N-dealkylation sites (tertiary alicyclic amines) is 1. The summed E-state index contributed by atoms with van der Waals surface area (Å²) >= 11 is 0. The van der Waals surface area contributed by atoms with Gasteiger partial charge in [-0.05, 0) is 25.0 Å². The topological polar surface area (TPSA) is 77.1 Å². The van der Waals surface area contributed by atoms with Crippen LogP contribution in [0.4, 0.5) is 0 Å². The number of amides is 2. The average Bonchev–Trinajstić information content (AvgIpc) is 2.66. The third-order valence-corrected chi connectivity index (χ3v) is 4.41. The zero-order chi connectivity index (χ0) is 18.4. The second kappa shape index (κ2) is 8.60. The first-order chi connectivity index (χ1) is 12.0. The van der Waals surface area contributed by atoms with E-state index in [1.165, 1.54) is 21.3 Å². The maximum Gasteiger partial charge on any atom is 0.251 e. The van der Waals surface area contributed by atoms with Gasteiger partial charge >= 0.3 is 0 Å². The minimum atomic E-state index is -0.195. The molecule has 2 rings (SSSR count). The number of hydrogen-bond acceptors (Lipinski definition) is 5. The Morgan fingerprint density at radius 1 is 1.08 bits per heavy atom. The lowest BCUT2D eigenvalue weighted by molar-refractivity contribution is -0.131. The summed E-state index contributed by atoms with van der Waals surface area (Å²) < 4.78 is 15.8. The molecule has 0 saturated carbocycles. The molecule has 1 aliphatic rings. The Labute approximate surface area is 148 Å². The molecule has 1 aromatic carbocycles. The van der Waals surface area contributed by atoms with Crippen molar-refractivity contribution in [1.82, 2.24) is 10.2 Å². The summed E-state index contributed by atoms with van der Waals surface area (Å²) in [6.07, 6.45) is 2.02. The first-order valence-electron chi connectivity index (χ1n) is 8.42. The van der Waals surface area contributed by atoms with E-state index in [2.05, 4.69) is 5.32 Å². The molecule has 0 bridgehead atoms. The molecule has 0 aliphatic carbocycles. The van der Waals surface area contributed by atoms with Crippen LogP contribution in [0.25, 0.3) is 0 Å². The zero-order valence-corrected chi connectivity index (χ0v) is 15.3. The van der Waals surface area contributed by atoms with Crippen LogP contribution in [-0.4, -0.2) is 57.2 Å². The van der Waals surface area contributed by atoms with E-state index in [4.69, 9.17) is 14.2 Å². The predicted octanol–water partition coefficient (Wildman–Crippen LogP) is 1.84. The number of piperidine rings is 1. The second-order valence-corrected chi connectivity index (χ2v) is 5.90. The van der Waals surface area contributed by atoms with Crippen LogP contribution < -0.4 is 19.5 Å². The van der Waals surface area contributed by atoms with Gasteiger partial charge in [-0.25, -0.2) is 0 Å². The van der Waals surface area contributed by atoms with Crippen molar-refractivity contribution >= 4 is 11.8 Å². The van der Waals surface area contributed by atoms with Crippen molar-refractivity contribution in [1.29, 1.82) is 0 Å². The molecule has 0 spiro atoms. The van der Waals surface area contributed by atoms with Gasteiger partial charge in [0.15, 0.2) is 11.5 Å². The van der Waals surface area contributed by atoms with E-state index in [-0.39, 0.29) is 17.9 Å². The van der Waals surface area contributed by atoms with E-state index >= 15 is 0 Å². The highest BCUT2D eigenvalue weighted by atomic mass is 16.5. The molecule has 0 unspecified atom stereocenters. The standard InChI is InChI=1S/C18H26N2O5/c1-5-16(21)20-8-6-13(7-9-20)19-18(22)12-10-14(23-2)17(25-4)15(11-12)24-3/h10-11,13H,5-9H2,1-4H3,(H,19,22). The fourth-order valence-electron chi connectivity index (χ4n) is 2.98. The van der Waals surface area contributed by atoms with Gasteiger partial charge in [0, 0.05) is 31.1 Å². The number of nitrogens with one attached hydrogen (secondary N) is 1. The summed E-state index contributed by atoms with van der Waals surface area (Å²) in [6, 6.07) is 3.31. The van der Waals surface area contributed by atoms with Gasteiger partial charge in [-0.3, -0.25) is 9.59 Å². The van der Waals surface area contributed by atoms with Gasteiger partial charge in [0.1, 0.15) is 0 Å². The van der Waals surface area contributed by atoms with Crippen LogP contribution in [0.2, 0.25) is 0 Å². The first kappa shape index (κ1) is 18.9. The molecule has 1 saturated heterocycles. The Bertz CT molecular complexity index is 599. The number of rotatable bonds is 6. The number of carbonyl (C=O) groups is 2. The molecule has 1 aliphatic heterocycles. The van der Waals surface area contributed by atoms with Gasteiger partial charge in [0.05, 0.1) is 21.3 Å². The largest absolute Gasteiger partial charge is 0.493 e. The molecule has 7 nitrogen and oxygen atoms in total. The number of carbonyl (C=O) groups excluding carboxylic acids is 2. The quantitative estimate of drug-likeness (QED) is 0.847. The Morgan fingerprint density at radius 2 is 1.64 bits per heavy atom. The molecule has 1 aromatic rings. The third-order valence-electron chi connectivity index (χ3n) is 4.41. The maximum atomic E-state index is 12.6. The van der Waals surface area contributed by atoms with Crippen LogP contribution in [0.5, 0.6) is 17.2 Å². The molecule has 2 amide bonds. The Hall–Kier alpha value is -2.44. The summed E-state index contributed by atoms with van der Waals surface area (Å²) in [4.78, 5) is 26.1. The van der Waals surface area contributed by atoms with E-state index in [9.17, 15) is 9.59 Å². The molecule has 1 N–H and O–H groups in total. The summed E-state index contributed by atoms with van der Waals surface area (Å²) in [5.74, 6) is 1.30. The van der Waals surface area contributed by atoms with Crippen molar-refractivity contribution in [3.8, 4) is 17.2 Å². The molecule has 0 atom stereocenters. The van der Waals surface area contributed by atoms with Crippen molar-refractivity contribution in [2.45, 2.75) is 32.2 Å². The highest BCUT2D eigenvalue weighted by Gasteiger charge is 2.24. The molecule has 1 heterocycles. The molecular weight excluding hydrogens is 324 g/mol. The maximum absolute atomic E-state index is 12.6. The van der Waals surface area contributed by atoms with E-state index in [0.29, 0.717) is 42.3 Å². The number of hydrogen-bond donors (Lipinski definition) is 1. The van der Waals surface area contributed by atoms with Crippen LogP contribution >= 0.6 is 0 Å². The van der Waals surface area contributed by atoms with Crippen molar-refractivity contribution in [2.75, 3.05) is 34.4 Å². The van der Waals surface area contributed by atoms with Crippen molar-refractivity contribution < 1.29 is 23.8 Å². The first-order valence-corrected chi connectivity index (χ1v) is 8.42. The summed E-state index contributed by atoms with van der Waals surface area (Å²) in [6.45, 7) is 3.21. The number of methoxy groups -OCH3 is 3. The van der Waals surface area contributed by atoms with Gasteiger partial charge in [-0.1, -0.05) is 6.92 Å². The van der Waals surface area contributed by atoms with Crippen molar-refractivity contribution in [3.63, 3.8) is 0 Å². The molecule has 7 heteroatoms. The summed E-state index contributed by atoms with van der Waals surface area (Å²) in [5, 5.41) is 3.02. The highest BCUT2D eigenvalue weighted by Crippen LogP contribution is 2.38. The van der Waals surface area contributed by atoms with Crippen LogP contribution in [-0.2, 0) is 4.79 Å². The molecule has 0 radical (unpaired) electrons. The lowest BCUT2D eigenvalue weighted by Crippen LogP contribution is -2.46. The van der Waals surface area contributed by atoms with Gasteiger partial charge in [0.2, 0.25) is 11.7 Å². The van der Waals surface area contributed by atoms with Gasteiger partial charge < -0.3 is 24.4 Å². The van der Waals surface area contributed by atoms with Crippen molar-refractivity contribution in [3.05, 3.63) is 17.7 Å². The average molecular weight is 350 g/mol. The lowest BCUT2D eigenvalue weighted by atomic mass is 10.0. The molecule has 25 heavy (non-hydrogen) atoms. The van der Waals surface area contributed by atoms with Crippen LogP contribution in [0, 0.1) is 0 Å². The lowest BCUT2D eigenvalue weighted by Gasteiger charge is -2.32. The number of benzene rings is 1. The number of nitrogens with zero attached hydrogens (tertiary/aromatic N) is 1. The van der Waals surface area contributed by atoms with Gasteiger partial charge in [0.25, 0.3) is 5.91 Å². The summed E-state index contributed by atoms with van der Waals surface area (Å²) in [7, 11) is 4.55. The monoisotopic (exact) mass is 350 g/mol. The van der Waals surface area contributed by atoms with E-state index in [1.807, 2.05) is 11.8 Å². The predicted molar refractivity (Wildman–Crippen MR) is 93.5 cm³/mol. The normalized spacial score (nSPS) is 14.8. The third kappa shape index (κ3) is 4.35. The summed E-state index contributed by atoms with van der Waals surface area (Å²) in [5.41, 5.74) is 0.446. The molecule has 0 aromatic heterocycles. The second-order valence-electron chi connectivity index (χ2n) is 5.90. The SMILES string of the molecule is CCC(=O)N1CCC(NC(=O)c2cc(OC)c(OC)c(OC)c2)CC1. The Morgan fingerprint density at radius 3 is 2.08 bits per heavy atom. The fourth-order valence-corrected chi connectivity index (χ4v) is 2.98. The highest BCUT2D eigenvalue weighted by molar-refractivity contribution is 5.95. The van der Waals surface area contributed by atoms with Crippen molar-refractivity contribution in [2.24, 2.45) is 0 Å². The smallest absolute Gasteiger partial charge is 0.251 e. The van der Waals surface area contributed by atoms with Gasteiger partial charge in [-0.15, -0.1) is 0 Å². The van der Waals surface area contributed by atoms with Crippen LogP contribution in [0.1, 0.15) is 36.5 Å². The molecule has 138 valence electrons. The fraction of sp³-hybridized carbons (Fsp3) is 0.556. The molecular formula is C18H26N2O5. The van der Waals surface area contributed by atoms with E-state index < -0.39 is 0 Å².